The number of hydrazine groups is 1. The highest BCUT2D eigenvalue weighted by atomic mass is 16.5. The molecule has 1 heterocycles. The summed E-state index contributed by atoms with van der Waals surface area (Å²) in [6, 6.07) is 33.7. The smallest absolute Gasteiger partial charge is 0.266 e. The SMILES string of the molecule is C=CC[C@]1(C(=O)NNCc2ccc(N(C)C)cc2)N=C(c2ccc(OCCCO)cc2)O[C@H]1c1ccc(-c2ccccc2)cc1. The molecule has 45 heavy (non-hydrogen) atoms. The molecule has 0 bridgehead atoms. The second-order valence-electron chi connectivity index (χ2n) is 11.1. The highest BCUT2D eigenvalue weighted by Crippen LogP contribution is 2.43. The maximum atomic E-state index is 14.1. The van der Waals surface area contributed by atoms with E-state index >= 15 is 0 Å². The fraction of sp³-hybridized carbons (Fsp3) is 0.243. The number of aliphatic imine (C=N–C) groups is 1. The van der Waals surface area contributed by atoms with Gasteiger partial charge in [-0.25, -0.2) is 10.4 Å². The summed E-state index contributed by atoms with van der Waals surface area (Å²) >= 11 is 0. The molecule has 0 aromatic heterocycles. The zero-order chi connectivity index (χ0) is 31.6. The molecule has 1 aliphatic heterocycles. The number of amides is 1. The minimum absolute atomic E-state index is 0.0709. The summed E-state index contributed by atoms with van der Waals surface area (Å²) in [6.07, 6.45) is 1.82. The molecular formula is C37H40N4O4. The molecule has 4 aromatic carbocycles. The van der Waals surface area contributed by atoms with Crippen LogP contribution >= 0.6 is 0 Å². The van der Waals surface area contributed by atoms with Crippen LogP contribution in [0.2, 0.25) is 0 Å². The van der Waals surface area contributed by atoms with Crippen LogP contribution in [0.15, 0.2) is 121 Å². The van der Waals surface area contributed by atoms with E-state index in [1.807, 2.05) is 110 Å². The van der Waals surface area contributed by atoms with Crippen LogP contribution in [0.1, 0.15) is 35.6 Å². The van der Waals surface area contributed by atoms with Gasteiger partial charge in [-0.15, -0.1) is 6.58 Å². The molecule has 0 spiro atoms. The fourth-order valence-electron chi connectivity index (χ4n) is 5.26. The van der Waals surface area contributed by atoms with Crippen LogP contribution in [-0.4, -0.2) is 49.8 Å². The monoisotopic (exact) mass is 604 g/mol. The van der Waals surface area contributed by atoms with Crippen LogP contribution in [0.5, 0.6) is 5.75 Å². The van der Waals surface area contributed by atoms with Gasteiger partial charge in [-0.3, -0.25) is 10.2 Å². The first-order valence-electron chi connectivity index (χ1n) is 15.1. The molecule has 0 fully saturated rings. The predicted molar refractivity (Wildman–Crippen MR) is 179 cm³/mol. The lowest BCUT2D eigenvalue weighted by Crippen LogP contribution is -2.52. The first kappa shape index (κ1) is 31.5. The summed E-state index contributed by atoms with van der Waals surface area (Å²) in [4.78, 5) is 21.1. The third-order valence-corrected chi connectivity index (χ3v) is 7.75. The Labute approximate surface area is 265 Å². The molecule has 232 valence electrons. The molecule has 1 aliphatic rings. The van der Waals surface area contributed by atoms with Crippen LogP contribution < -0.4 is 20.5 Å². The lowest BCUT2D eigenvalue weighted by Gasteiger charge is -2.29. The molecule has 4 aromatic rings. The van der Waals surface area contributed by atoms with Crippen molar-refractivity contribution in [3.05, 3.63) is 132 Å². The van der Waals surface area contributed by atoms with Crippen molar-refractivity contribution >= 4 is 17.5 Å². The molecule has 1 amide bonds. The quantitative estimate of drug-likeness (QED) is 0.0952. The van der Waals surface area contributed by atoms with E-state index in [2.05, 4.69) is 29.6 Å². The summed E-state index contributed by atoms with van der Waals surface area (Å²) in [5.41, 5.74) is 10.5. The lowest BCUT2D eigenvalue weighted by atomic mass is 9.84. The van der Waals surface area contributed by atoms with Gasteiger partial charge in [0.15, 0.2) is 11.6 Å². The van der Waals surface area contributed by atoms with Gasteiger partial charge in [-0.05, 0) is 58.7 Å². The zero-order valence-electron chi connectivity index (χ0n) is 25.8. The van der Waals surface area contributed by atoms with Crippen LogP contribution in [0, 0.1) is 0 Å². The summed E-state index contributed by atoms with van der Waals surface area (Å²) < 4.78 is 12.2. The van der Waals surface area contributed by atoms with E-state index in [9.17, 15) is 4.79 Å². The van der Waals surface area contributed by atoms with E-state index in [4.69, 9.17) is 19.6 Å². The van der Waals surface area contributed by atoms with Gasteiger partial charge in [0.05, 0.1) is 6.61 Å². The van der Waals surface area contributed by atoms with Crippen molar-refractivity contribution in [2.24, 2.45) is 4.99 Å². The summed E-state index contributed by atoms with van der Waals surface area (Å²) in [7, 11) is 4.00. The van der Waals surface area contributed by atoms with Crippen molar-refractivity contribution in [1.29, 1.82) is 0 Å². The van der Waals surface area contributed by atoms with Crippen molar-refractivity contribution in [3.8, 4) is 16.9 Å². The van der Waals surface area contributed by atoms with E-state index in [1.165, 1.54) is 0 Å². The molecule has 0 unspecified atom stereocenters. The van der Waals surface area contributed by atoms with Gasteiger partial charge >= 0.3 is 0 Å². The number of aliphatic hydroxyl groups is 1. The molecule has 8 heteroatoms. The Morgan fingerprint density at radius 2 is 1.62 bits per heavy atom. The van der Waals surface area contributed by atoms with Gasteiger partial charge in [-0.1, -0.05) is 72.8 Å². The Kier molecular flexibility index (Phi) is 10.3. The number of carbonyl (C=O) groups is 1. The molecule has 3 N–H and O–H groups in total. The van der Waals surface area contributed by atoms with Crippen molar-refractivity contribution in [3.63, 3.8) is 0 Å². The molecule has 2 atom stereocenters. The standard InChI is InChI=1S/C37H40N4O4/c1-4-23-37(36(43)40-38-26-27-11-19-32(20-12-27)41(2)3)34(30-15-13-29(14-16-30)28-9-6-5-7-10-28)45-35(39-37)31-17-21-33(22-18-31)44-25-8-24-42/h4-7,9-22,34,38,42H,1,8,23-26H2,2-3H3,(H,40,43)/t34-,37-/m0/s1. The predicted octanol–water partition coefficient (Wildman–Crippen LogP) is 5.83. The van der Waals surface area contributed by atoms with Crippen molar-refractivity contribution in [1.82, 2.24) is 10.9 Å². The Hall–Kier alpha value is -4.92. The number of benzene rings is 4. The number of rotatable bonds is 14. The van der Waals surface area contributed by atoms with E-state index in [0.717, 1.165) is 33.5 Å². The van der Waals surface area contributed by atoms with E-state index in [0.29, 0.717) is 31.2 Å². The minimum Gasteiger partial charge on any atom is -0.494 e. The van der Waals surface area contributed by atoms with Crippen molar-refractivity contribution in [2.75, 3.05) is 32.2 Å². The van der Waals surface area contributed by atoms with Crippen LogP contribution in [0.3, 0.4) is 0 Å². The van der Waals surface area contributed by atoms with Crippen LogP contribution in [0.25, 0.3) is 11.1 Å². The maximum absolute atomic E-state index is 14.1. The van der Waals surface area contributed by atoms with Crippen molar-refractivity contribution in [2.45, 2.75) is 31.0 Å². The Morgan fingerprint density at radius 1 is 0.956 bits per heavy atom. The Bertz CT molecular complexity index is 1590. The normalized spacial score (nSPS) is 17.2. The number of aliphatic hydroxyl groups excluding tert-OH is 1. The summed E-state index contributed by atoms with van der Waals surface area (Å²) in [5, 5.41) is 9.04. The summed E-state index contributed by atoms with van der Waals surface area (Å²) in [6.45, 7) is 4.90. The maximum Gasteiger partial charge on any atom is 0.266 e. The number of carbonyl (C=O) groups excluding carboxylic acids is 1. The van der Waals surface area contributed by atoms with E-state index in [-0.39, 0.29) is 18.9 Å². The molecule has 8 nitrogen and oxygen atoms in total. The van der Waals surface area contributed by atoms with Gasteiger partial charge in [0, 0.05) is 51.3 Å². The van der Waals surface area contributed by atoms with Crippen LogP contribution in [-0.2, 0) is 16.1 Å². The number of hydrogen-bond acceptors (Lipinski definition) is 7. The van der Waals surface area contributed by atoms with Gasteiger partial charge in [0.1, 0.15) is 5.75 Å². The molecule has 0 saturated heterocycles. The Balaban J connectivity index is 1.42. The second kappa shape index (κ2) is 14.7. The largest absolute Gasteiger partial charge is 0.494 e. The zero-order valence-corrected chi connectivity index (χ0v) is 25.8. The second-order valence-corrected chi connectivity index (χ2v) is 11.1. The minimum atomic E-state index is -1.30. The topological polar surface area (TPSA) is 95.4 Å². The molecular weight excluding hydrogens is 564 g/mol. The van der Waals surface area contributed by atoms with Gasteiger partial charge in [0.25, 0.3) is 5.91 Å². The number of hydrogen-bond donors (Lipinski definition) is 3. The van der Waals surface area contributed by atoms with E-state index < -0.39 is 11.6 Å². The highest BCUT2D eigenvalue weighted by Gasteiger charge is 2.52. The third kappa shape index (κ3) is 7.42. The lowest BCUT2D eigenvalue weighted by molar-refractivity contribution is -0.129. The van der Waals surface area contributed by atoms with Gasteiger partial charge in [-0.2, -0.15) is 0 Å². The molecule has 0 radical (unpaired) electrons. The fourth-order valence-corrected chi connectivity index (χ4v) is 5.26. The average Bonchev–Trinajstić information content (AvgIpc) is 3.46. The number of anilines is 1. The Morgan fingerprint density at radius 3 is 2.27 bits per heavy atom. The van der Waals surface area contributed by atoms with E-state index in [1.54, 1.807) is 6.08 Å². The molecule has 0 aliphatic carbocycles. The number of nitrogens with zero attached hydrogens (tertiary/aromatic N) is 2. The van der Waals surface area contributed by atoms with Crippen molar-refractivity contribution < 1.29 is 19.4 Å². The number of ether oxygens (including phenoxy) is 2. The molecule has 5 rings (SSSR count). The average molecular weight is 605 g/mol. The van der Waals surface area contributed by atoms with Gasteiger partial charge in [0.2, 0.25) is 5.90 Å². The molecule has 0 saturated carbocycles. The number of nitrogens with one attached hydrogen (secondary N) is 2. The van der Waals surface area contributed by atoms with Crippen LogP contribution in [0.4, 0.5) is 5.69 Å². The third-order valence-electron chi connectivity index (χ3n) is 7.75. The van der Waals surface area contributed by atoms with Gasteiger partial charge < -0.3 is 19.5 Å². The first-order valence-corrected chi connectivity index (χ1v) is 15.1. The first-order chi connectivity index (χ1) is 21.9. The summed E-state index contributed by atoms with van der Waals surface area (Å²) in [5.74, 6) is 0.727. The highest BCUT2D eigenvalue weighted by molar-refractivity contribution is 6.01.